The van der Waals surface area contributed by atoms with Crippen LogP contribution in [0.2, 0.25) is 0 Å². The molecule has 2 aliphatic rings. The fourth-order valence-electron chi connectivity index (χ4n) is 5.76. The molecule has 0 radical (unpaired) electrons. The van der Waals surface area contributed by atoms with Crippen molar-refractivity contribution in [2.75, 3.05) is 20.3 Å². The van der Waals surface area contributed by atoms with Crippen LogP contribution in [0.5, 0.6) is 11.5 Å². The first-order valence-electron chi connectivity index (χ1n) is 13.9. The molecule has 1 fully saturated rings. The summed E-state index contributed by atoms with van der Waals surface area (Å²) < 4.78 is 95.8. The molecule has 1 unspecified atom stereocenters. The summed E-state index contributed by atoms with van der Waals surface area (Å²) in [6.45, 7) is -4.72. The lowest BCUT2D eigenvalue weighted by atomic mass is 9.76. The number of alkyl halides is 5. The van der Waals surface area contributed by atoms with Crippen LogP contribution in [0.3, 0.4) is 0 Å². The molecule has 10 nitrogen and oxygen atoms in total. The van der Waals surface area contributed by atoms with Crippen molar-refractivity contribution in [1.29, 1.82) is 0 Å². The number of amides is 2. The van der Waals surface area contributed by atoms with E-state index in [1.165, 1.54) is 19.2 Å². The zero-order chi connectivity index (χ0) is 33.2. The van der Waals surface area contributed by atoms with Crippen molar-refractivity contribution in [3.8, 4) is 22.8 Å². The van der Waals surface area contributed by atoms with Crippen LogP contribution < -0.4 is 20.5 Å². The lowest BCUT2D eigenvalue weighted by molar-refractivity contribution is -0.265. The van der Waals surface area contributed by atoms with Gasteiger partial charge < -0.3 is 25.6 Å². The molecule has 242 valence electrons. The molecular weight excluding hydrogens is 624 g/mol. The lowest BCUT2D eigenvalue weighted by Crippen LogP contribution is -2.52. The van der Waals surface area contributed by atoms with Crippen molar-refractivity contribution in [3.05, 3.63) is 71.3 Å². The van der Waals surface area contributed by atoms with Crippen LogP contribution in [0.15, 0.2) is 48.7 Å². The second kappa shape index (κ2) is 10.9. The van der Waals surface area contributed by atoms with Gasteiger partial charge in [0.15, 0.2) is 0 Å². The normalized spacial score (nSPS) is 19.1. The van der Waals surface area contributed by atoms with Gasteiger partial charge in [-0.15, -0.1) is 0 Å². The smallest absolute Gasteiger partial charge is 0.424 e. The molecule has 16 heteroatoms. The molecular formula is C30H25F6N5O5. The average molecular weight is 650 g/mol. The quantitative estimate of drug-likeness (QED) is 0.229. The van der Waals surface area contributed by atoms with Crippen LogP contribution in [-0.4, -0.2) is 58.1 Å². The number of rotatable bonds is 9. The molecule has 2 aromatic heterocycles. The van der Waals surface area contributed by atoms with E-state index in [4.69, 9.17) is 15.2 Å². The Bertz CT molecular complexity index is 1860. The Labute approximate surface area is 256 Å². The zero-order valence-electron chi connectivity index (χ0n) is 23.9. The van der Waals surface area contributed by atoms with Gasteiger partial charge in [0.25, 0.3) is 5.91 Å². The van der Waals surface area contributed by atoms with Gasteiger partial charge in [-0.3, -0.25) is 9.59 Å². The van der Waals surface area contributed by atoms with Gasteiger partial charge in [-0.25, -0.2) is 14.1 Å². The first-order valence-corrected chi connectivity index (χ1v) is 13.9. The highest BCUT2D eigenvalue weighted by atomic mass is 19.4. The van der Waals surface area contributed by atoms with Crippen molar-refractivity contribution in [2.45, 2.75) is 36.6 Å². The van der Waals surface area contributed by atoms with Crippen molar-refractivity contribution in [2.24, 2.45) is 11.7 Å². The third-order valence-corrected chi connectivity index (χ3v) is 8.40. The maximum atomic E-state index is 14.8. The number of halogens is 6. The third kappa shape index (κ3) is 4.96. The van der Waals surface area contributed by atoms with E-state index in [-0.39, 0.29) is 57.3 Å². The highest BCUT2D eigenvalue weighted by Gasteiger charge is 2.60. The number of carbonyl (C=O) groups is 2. The highest BCUT2D eigenvalue weighted by molar-refractivity contribution is 6.00. The van der Waals surface area contributed by atoms with Crippen LogP contribution in [0, 0.1) is 11.7 Å². The van der Waals surface area contributed by atoms with Gasteiger partial charge in [0.2, 0.25) is 11.5 Å². The number of benzene rings is 2. The fourth-order valence-corrected chi connectivity index (χ4v) is 5.76. The SMILES string of the molecule is COc1cc(C(=O)NCC(O)(c2cc3c(c(-c4ccc(F)cc4)n2)OC[C@@]3(C(N)=O)C2CC2)C(F)(F)F)cc2cn(C(F)F)nc12. The number of nitrogens with two attached hydrogens (primary N) is 1. The molecule has 6 rings (SSSR count). The topological polar surface area (TPSA) is 142 Å². The predicted molar refractivity (Wildman–Crippen MR) is 149 cm³/mol. The second-order valence-corrected chi connectivity index (χ2v) is 11.2. The Morgan fingerprint density at radius 1 is 1.20 bits per heavy atom. The Hall–Kier alpha value is -4.86. The summed E-state index contributed by atoms with van der Waals surface area (Å²) in [4.78, 5) is 30.1. The maximum absolute atomic E-state index is 14.8. The Morgan fingerprint density at radius 2 is 1.89 bits per heavy atom. The number of aromatic nitrogens is 3. The van der Waals surface area contributed by atoms with Gasteiger partial charge in [0, 0.05) is 28.3 Å². The minimum absolute atomic E-state index is 0.00736. The summed E-state index contributed by atoms with van der Waals surface area (Å²) in [5.41, 5.74) is -0.863. The van der Waals surface area contributed by atoms with Gasteiger partial charge >= 0.3 is 12.7 Å². The number of hydrogen-bond donors (Lipinski definition) is 3. The molecule has 46 heavy (non-hydrogen) atoms. The molecule has 2 aromatic carbocycles. The van der Waals surface area contributed by atoms with Crippen LogP contribution in [0.4, 0.5) is 26.3 Å². The van der Waals surface area contributed by atoms with Gasteiger partial charge in [-0.2, -0.15) is 27.1 Å². The molecule has 0 spiro atoms. The number of carbonyl (C=O) groups excluding carboxylic acids is 2. The Balaban J connectivity index is 1.43. The van der Waals surface area contributed by atoms with Crippen molar-refractivity contribution >= 4 is 22.7 Å². The van der Waals surface area contributed by atoms with E-state index >= 15 is 0 Å². The first-order chi connectivity index (χ1) is 21.7. The van der Waals surface area contributed by atoms with Gasteiger partial charge in [0.1, 0.15) is 40.5 Å². The minimum atomic E-state index is -5.43. The highest BCUT2D eigenvalue weighted by Crippen LogP contribution is 2.56. The molecule has 1 saturated carbocycles. The molecule has 0 saturated heterocycles. The maximum Gasteiger partial charge on any atom is 0.424 e. The fraction of sp³-hybridized carbons (Fsp3) is 0.333. The number of aliphatic hydroxyl groups is 1. The summed E-state index contributed by atoms with van der Waals surface area (Å²) in [7, 11) is 1.19. The number of methoxy groups -OCH3 is 1. The number of ether oxygens (including phenoxy) is 2. The Kier molecular flexibility index (Phi) is 7.37. The largest absolute Gasteiger partial charge is 0.494 e. The van der Waals surface area contributed by atoms with Crippen LogP contribution in [0.1, 0.15) is 41.0 Å². The molecule has 4 aromatic rings. The summed E-state index contributed by atoms with van der Waals surface area (Å²) in [5.74, 6) is -3.03. The van der Waals surface area contributed by atoms with E-state index in [0.29, 0.717) is 17.5 Å². The van der Waals surface area contributed by atoms with E-state index in [2.05, 4.69) is 15.4 Å². The van der Waals surface area contributed by atoms with Crippen LogP contribution >= 0.6 is 0 Å². The molecule has 1 aliphatic heterocycles. The second-order valence-electron chi connectivity index (χ2n) is 11.2. The molecule has 1 aliphatic carbocycles. The van der Waals surface area contributed by atoms with Crippen molar-refractivity contribution < 1.29 is 50.5 Å². The van der Waals surface area contributed by atoms with Crippen LogP contribution in [-0.2, 0) is 15.8 Å². The molecule has 0 bridgehead atoms. The van der Waals surface area contributed by atoms with E-state index < -0.39 is 53.6 Å². The van der Waals surface area contributed by atoms with Gasteiger partial charge in [0.05, 0.1) is 19.3 Å². The lowest BCUT2D eigenvalue weighted by Gasteiger charge is -2.32. The minimum Gasteiger partial charge on any atom is -0.494 e. The summed E-state index contributed by atoms with van der Waals surface area (Å²) in [6.07, 6.45) is -3.39. The number of hydrogen-bond acceptors (Lipinski definition) is 7. The van der Waals surface area contributed by atoms with E-state index in [0.717, 1.165) is 36.5 Å². The van der Waals surface area contributed by atoms with E-state index in [1.54, 1.807) is 0 Å². The standard InChI is InChI=1S/C30H25F6N5O5/c1-45-20-9-15(8-16-11-41(27(32)33)40-22(16)20)25(42)38-12-29(44,30(34,35)36)21-10-19-24(23(39-21)14-2-6-18(31)7-3-14)46-13-28(19,26(37)43)17-4-5-17/h2-3,6-11,17,27,44H,4-5,12-13H2,1H3,(H2,37,43)(H,38,42)/t28-,29?/m1/s1. The summed E-state index contributed by atoms with van der Waals surface area (Å²) in [5, 5.41) is 17.1. The first kappa shape index (κ1) is 31.1. The summed E-state index contributed by atoms with van der Waals surface area (Å²) >= 11 is 0. The number of pyridine rings is 1. The molecule has 2 atom stereocenters. The van der Waals surface area contributed by atoms with Crippen molar-refractivity contribution in [3.63, 3.8) is 0 Å². The van der Waals surface area contributed by atoms with E-state index in [1.807, 2.05) is 0 Å². The number of primary amides is 1. The summed E-state index contributed by atoms with van der Waals surface area (Å²) in [6, 6.07) is 7.74. The number of nitrogens with zero attached hydrogens (tertiary/aromatic N) is 3. The average Bonchev–Trinajstić information content (AvgIpc) is 3.64. The van der Waals surface area contributed by atoms with E-state index in [9.17, 15) is 41.0 Å². The monoisotopic (exact) mass is 649 g/mol. The number of nitrogens with one attached hydrogen (secondary N) is 1. The zero-order valence-corrected chi connectivity index (χ0v) is 23.9. The van der Waals surface area contributed by atoms with Crippen molar-refractivity contribution in [1.82, 2.24) is 20.1 Å². The predicted octanol–water partition coefficient (Wildman–Crippen LogP) is 4.35. The molecule has 3 heterocycles. The third-order valence-electron chi connectivity index (χ3n) is 8.40. The Morgan fingerprint density at radius 3 is 2.48 bits per heavy atom. The van der Waals surface area contributed by atoms with Gasteiger partial charge in [-0.1, -0.05) is 0 Å². The number of fused-ring (bicyclic) bond motifs is 2. The van der Waals surface area contributed by atoms with Gasteiger partial charge in [-0.05, 0) is 61.2 Å². The molecule has 4 N–H and O–H groups in total. The van der Waals surface area contributed by atoms with Crippen LogP contribution in [0.25, 0.3) is 22.2 Å². The molecule has 2 amide bonds.